The number of benzene rings is 1. The highest BCUT2D eigenvalue weighted by atomic mass is 16.5. The van der Waals surface area contributed by atoms with Gasteiger partial charge in [-0.1, -0.05) is 6.07 Å². The van der Waals surface area contributed by atoms with Crippen LogP contribution in [0.2, 0.25) is 0 Å². The van der Waals surface area contributed by atoms with Crippen LogP contribution in [-0.2, 0) is 4.79 Å². The molecule has 0 saturated carbocycles. The third kappa shape index (κ3) is 2.89. The molecule has 1 aliphatic rings. The van der Waals surface area contributed by atoms with Gasteiger partial charge in [-0.15, -0.1) is 0 Å². The van der Waals surface area contributed by atoms with Crippen molar-refractivity contribution in [2.45, 2.75) is 13.8 Å². The lowest BCUT2D eigenvalue weighted by Crippen LogP contribution is -2.32. The Bertz CT molecular complexity index is 646. The first-order chi connectivity index (χ1) is 11.5. The number of methoxy groups -OCH3 is 2. The molecule has 0 spiro atoms. The molecule has 1 aromatic carbocycles. The molecule has 0 unspecified atom stereocenters. The number of rotatable bonds is 6. The number of ether oxygens (including phenoxy) is 2. The Morgan fingerprint density at radius 1 is 1.08 bits per heavy atom. The molecule has 3 amide bonds. The Labute approximate surface area is 142 Å². The second-order valence-corrected chi connectivity index (χ2v) is 5.23. The topological polar surface area (TPSA) is 62.3 Å². The zero-order valence-corrected chi connectivity index (χ0v) is 14.7. The molecule has 130 valence electrons. The van der Waals surface area contributed by atoms with Crippen molar-refractivity contribution in [3.63, 3.8) is 0 Å². The first kappa shape index (κ1) is 17.7. The molecule has 7 heteroatoms. The Hall–Kier alpha value is -2.70. The van der Waals surface area contributed by atoms with Crippen LogP contribution in [0.3, 0.4) is 0 Å². The molecule has 0 aromatic heterocycles. The third-order valence-electron chi connectivity index (χ3n) is 4.00. The lowest BCUT2D eigenvalue weighted by Gasteiger charge is -2.19. The number of carbonyl (C=O) groups excluding carboxylic acids is 2. The summed E-state index contributed by atoms with van der Waals surface area (Å²) in [6.07, 6.45) is 1.71. The van der Waals surface area contributed by atoms with E-state index in [1.54, 1.807) is 31.4 Å². The van der Waals surface area contributed by atoms with Gasteiger partial charge in [-0.25, -0.2) is 9.69 Å². The van der Waals surface area contributed by atoms with Crippen molar-refractivity contribution in [3.05, 3.63) is 30.1 Å². The lowest BCUT2D eigenvalue weighted by atomic mass is 10.2. The van der Waals surface area contributed by atoms with E-state index in [-0.39, 0.29) is 0 Å². The standard InChI is InChI=1S/C17H23N3O4/c1-6-19(7-2)11-12-16(21)20(17(22)18(12)3)15-13(23-4)9-8-10-14(15)24-5/h8-11H,6-7H2,1-5H3. The maximum Gasteiger partial charge on any atom is 0.336 e. The minimum atomic E-state index is -0.443. The average Bonchev–Trinajstić information content (AvgIpc) is 2.81. The highest BCUT2D eigenvalue weighted by molar-refractivity contribution is 6.27. The predicted octanol–water partition coefficient (Wildman–Crippen LogP) is 2.29. The van der Waals surface area contributed by atoms with E-state index in [0.29, 0.717) is 22.9 Å². The van der Waals surface area contributed by atoms with E-state index < -0.39 is 11.9 Å². The van der Waals surface area contributed by atoms with Crippen molar-refractivity contribution in [1.29, 1.82) is 0 Å². The Kier molecular flexibility index (Phi) is 5.33. The van der Waals surface area contributed by atoms with Gasteiger partial charge in [0.05, 0.1) is 14.2 Å². The molecule has 0 N–H and O–H groups in total. The van der Waals surface area contributed by atoms with E-state index in [9.17, 15) is 9.59 Å². The number of urea groups is 1. The van der Waals surface area contributed by atoms with Crippen LogP contribution in [0.1, 0.15) is 13.8 Å². The van der Waals surface area contributed by atoms with Crippen LogP contribution >= 0.6 is 0 Å². The van der Waals surface area contributed by atoms with Crippen LogP contribution < -0.4 is 14.4 Å². The minimum absolute atomic E-state index is 0.312. The number of hydrogen-bond acceptors (Lipinski definition) is 5. The number of para-hydroxylation sites is 1. The fraction of sp³-hybridized carbons (Fsp3) is 0.412. The molecule has 1 aromatic rings. The molecule has 24 heavy (non-hydrogen) atoms. The summed E-state index contributed by atoms with van der Waals surface area (Å²) in [5, 5.41) is 0. The summed E-state index contributed by atoms with van der Waals surface area (Å²) in [7, 11) is 4.55. The number of hydrogen-bond donors (Lipinski definition) is 0. The molecule has 1 saturated heterocycles. The van der Waals surface area contributed by atoms with Gasteiger partial charge in [-0.2, -0.15) is 0 Å². The normalized spacial score (nSPS) is 16.1. The fourth-order valence-corrected chi connectivity index (χ4v) is 2.57. The SMILES string of the molecule is CCN(C=C1C(=O)N(c2c(OC)cccc2OC)C(=O)N1C)CC. The second kappa shape index (κ2) is 7.25. The third-order valence-corrected chi connectivity index (χ3v) is 4.00. The first-order valence-corrected chi connectivity index (χ1v) is 7.79. The van der Waals surface area contributed by atoms with Gasteiger partial charge in [0.1, 0.15) is 22.9 Å². The van der Waals surface area contributed by atoms with Crippen molar-refractivity contribution >= 4 is 17.6 Å². The Balaban J connectivity index is 2.54. The quantitative estimate of drug-likeness (QED) is 0.590. The molecule has 1 fully saturated rings. The van der Waals surface area contributed by atoms with Crippen LogP contribution in [0, 0.1) is 0 Å². The van der Waals surface area contributed by atoms with Gasteiger partial charge in [0.15, 0.2) is 0 Å². The van der Waals surface area contributed by atoms with Crippen molar-refractivity contribution in [3.8, 4) is 11.5 Å². The molecule has 1 aliphatic heterocycles. The predicted molar refractivity (Wildman–Crippen MR) is 91.2 cm³/mol. The molecular formula is C17H23N3O4. The number of likely N-dealkylation sites (N-methyl/N-ethyl adjacent to an activating group) is 1. The summed E-state index contributed by atoms with van der Waals surface area (Å²) in [4.78, 5) is 30.0. The maximum atomic E-state index is 12.9. The summed E-state index contributed by atoms with van der Waals surface area (Å²) >= 11 is 0. The molecule has 2 rings (SSSR count). The number of anilines is 1. The Morgan fingerprint density at radius 2 is 1.62 bits per heavy atom. The highest BCUT2D eigenvalue weighted by Gasteiger charge is 2.42. The van der Waals surface area contributed by atoms with Crippen LogP contribution in [0.25, 0.3) is 0 Å². The van der Waals surface area contributed by atoms with Crippen molar-refractivity contribution in [2.75, 3.05) is 39.3 Å². The van der Waals surface area contributed by atoms with Crippen LogP contribution in [0.15, 0.2) is 30.1 Å². The maximum absolute atomic E-state index is 12.9. The van der Waals surface area contributed by atoms with E-state index in [0.717, 1.165) is 18.0 Å². The van der Waals surface area contributed by atoms with Crippen molar-refractivity contribution < 1.29 is 19.1 Å². The number of carbonyl (C=O) groups is 2. The van der Waals surface area contributed by atoms with E-state index in [1.165, 1.54) is 19.1 Å². The van der Waals surface area contributed by atoms with Crippen molar-refractivity contribution in [1.82, 2.24) is 9.80 Å². The van der Waals surface area contributed by atoms with Gasteiger partial charge in [-0.05, 0) is 26.0 Å². The van der Waals surface area contributed by atoms with Crippen LogP contribution in [-0.4, -0.2) is 56.1 Å². The minimum Gasteiger partial charge on any atom is -0.494 e. The summed E-state index contributed by atoms with van der Waals surface area (Å²) < 4.78 is 10.6. The molecular weight excluding hydrogens is 310 g/mol. The van der Waals surface area contributed by atoms with E-state index in [2.05, 4.69) is 0 Å². The summed E-state index contributed by atoms with van der Waals surface area (Å²) in [6.45, 7) is 5.46. The molecule has 7 nitrogen and oxygen atoms in total. The fourth-order valence-electron chi connectivity index (χ4n) is 2.57. The smallest absolute Gasteiger partial charge is 0.336 e. The highest BCUT2D eigenvalue weighted by Crippen LogP contribution is 2.41. The molecule has 0 bridgehead atoms. The van der Waals surface area contributed by atoms with Gasteiger partial charge in [0.25, 0.3) is 5.91 Å². The average molecular weight is 333 g/mol. The zero-order valence-electron chi connectivity index (χ0n) is 14.7. The first-order valence-electron chi connectivity index (χ1n) is 7.79. The van der Waals surface area contributed by atoms with Gasteiger partial charge in [-0.3, -0.25) is 9.69 Å². The number of amides is 3. The summed E-state index contributed by atoms with van der Waals surface area (Å²) in [5.74, 6) is 0.388. The van der Waals surface area contributed by atoms with Crippen LogP contribution in [0.5, 0.6) is 11.5 Å². The van der Waals surface area contributed by atoms with Gasteiger partial charge in [0.2, 0.25) is 0 Å². The van der Waals surface area contributed by atoms with Gasteiger partial charge < -0.3 is 14.4 Å². The molecule has 1 heterocycles. The Morgan fingerprint density at radius 3 is 2.08 bits per heavy atom. The van der Waals surface area contributed by atoms with Crippen LogP contribution in [0.4, 0.5) is 10.5 Å². The number of nitrogens with zero attached hydrogens (tertiary/aromatic N) is 3. The number of imide groups is 1. The molecule has 0 atom stereocenters. The largest absolute Gasteiger partial charge is 0.494 e. The zero-order chi connectivity index (χ0) is 17.9. The van der Waals surface area contributed by atoms with E-state index in [4.69, 9.17) is 9.47 Å². The monoisotopic (exact) mass is 333 g/mol. The lowest BCUT2D eigenvalue weighted by molar-refractivity contribution is -0.114. The molecule has 0 aliphatic carbocycles. The van der Waals surface area contributed by atoms with Crippen molar-refractivity contribution in [2.24, 2.45) is 0 Å². The second-order valence-electron chi connectivity index (χ2n) is 5.23. The van der Waals surface area contributed by atoms with E-state index in [1.807, 2.05) is 18.7 Å². The van der Waals surface area contributed by atoms with E-state index >= 15 is 0 Å². The summed E-state index contributed by atoms with van der Waals surface area (Å²) in [5.41, 5.74) is 0.629. The van der Waals surface area contributed by atoms with Gasteiger partial charge >= 0.3 is 6.03 Å². The molecule has 0 radical (unpaired) electrons. The summed E-state index contributed by atoms with van der Waals surface area (Å²) in [6, 6.07) is 4.67. The van der Waals surface area contributed by atoms with Gasteiger partial charge in [0, 0.05) is 26.3 Å².